The first kappa shape index (κ1) is 36.4. The molecule has 11 rings (SSSR count). The summed E-state index contributed by atoms with van der Waals surface area (Å²) in [6.45, 7) is 4.96. The second kappa shape index (κ2) is 14.2. The Labute approximate surface area is 352 Å². The zero-order valence-electron chi connectivity index (χ0n) is 34.1. The van der Waals surface area contributed by atoms with Gasteiger partial charge in [0.15, 0.2) is 17.5 Å². The van der Waals surface area contributed by atoms with Crippen molar-refractivity contribution in [1.29, 1.82) is 5.26 Å². The van der Waals surface area contributed by atoms with Crippen LogP contribution in [0.15, 0.2) is 164 Å². The van der Waals surface area contributed by atoms with E-state index in [9.17, 15) is 5.26 Å². The molecule has 8 aromatic rings. The van der Waals surface area contributed by atoms with E-state index in [1.165, 1.54) is 71.0 Å². The third-order valence-electron chi connectivity index (χ3n) is 14.0. The highest BCUT2D eigenvalue weighted by molar-refractivity contribution is 5.91. The summed E-state index contributed by atoms with van der Waals surface area (Å²) in [6.07, 6.45) is 6.67. The largest absolute Gasteiger partial charge is 0.208 e. The zero-order chi connectivity index (χ0) is 40.4. The Kier molecular flexibility index (Phi) is 8.64. The predicted octanol–water partition coefficient (Wildman–Crippen LogP) is 13.4. The maximum atomic E-state index is 9.76. The fraction of sp³-hybridized carbons (Fsp3) is 0.214. The number of benzene rings is 7. The lowest BCUT2D eigenvalue weighted by Gasteiger charge is -2.50. The average molecular weight is 775 g/mol. The van der Waals surface area contributed by atoms with Gasteiger partial charge in [-0.15, -0.1) is 0 Å². The molecule has 1 aromatic heterocycles. The second-order valence-corrected chi connectivity index (χ2v) is 18.0. The van der Waals surface area contributed by atoms with Crippen molar-refractivity contribution >= 4 is 10.8 Å². The molecule has 290 valence electrons. The molecule has 0 radical (unpaired) electrons. The molecule has 1 heterocycles. The molecule has 60 heavy (non-hydrogen) atoms. The standard InChI is InChI=1S/C56H46N4/c1-36-28-38-29-37(2)33-55(32-36,34-38)44-22-24-46(25-23-44)56(45-16-7-4-8-17-45)50-19-10-9-18-48(50)49-31-42(21-27-51(49)56)54-59-52(39-12-5-3-6-13-39)58-53(60-54)41-20-26-47-40(30-41)14-11-15-43(47)35-57/h3-27,30-31,36-38H,28-29,32-34H2,1-2H3/t36-,37+,38-,55?,56?. The first-order valence-electron chi connectivity index (χ1n) is 21.6. The molecule has 7 aromatic carbocycles. The van der Waals surface area contributed by atoms with Crippen molar-refractivity contribution in [2.45, 2.75) is 56.8 Å². The van der Waals surface area contributed by atoms with E-state index in [0.717, 1.165) is 45.2 Å². The monoisotopic (exact) mass is 774 g/mol. The van der Waals surface area contributed by atoms with Crippen LogP contribution in [-0.2, 0) is 10.8 Å². The molecule has 4 nitrogen and oxygen atoms in total. The van der Waals surface area contributed by atoms with Crippen molar-refractivity contribution in [3.63, 3.8) is 0 Å². The molecule has 2 fully saturated rings. The highest BCUT2D eigenvalue weighted by atomic mass is 15.0. The summed E-state index contributed by atoms with van der Waals surface area (Å²) in [7, 11) is 0. The third-order valence-corrected chi connectivity index (χ3v) is 14.0. The van der Waals surface area contributed by atoms with Crippen molar-refractivity contribution in [3.05, 3.63) is 197 Å². The lowest BCUT2D eigenvalue weighted by Crippen LogP contribution is -2.42. The van der Waals surface area contributed by atoms with Gasteiger partial charge >= 0.3 is 0 Å². The van der Waals surface area contributed by atoms with Gasteiger partial charge in [-0.3, -0.25) is 0 Å². The molecule has 5 atom stereocenters. The maximum Gasteiger partial charge on any atom is 0.164 e. The minimum Gasteiger partial charge on any atom is -0.208 e. The lowest BCUT2D eigenvalue weighted by molar-refractivity contribution is 0.0780. The molecule has 3 aliphatic rings. The third kappa shape index (κ3) is 5.82. The number of aromatic nitrogens is 3. The highest BCUT2D eigenvalue weighted by Gasteiger charge is 2.48. The average Bonchev–Trinajstić information content (AvgIpc) is 3.59. The van der Waals surface area contributed by atoms with Crippen molar-refractivity contribution in [2.75, 3.05) is 0 Å². The molecule has 0 saturated heterocycles. The van der Waals surface area contributed by atoms with Crippen LogP contribution in [0.1, 0.15) is 79.3 Å². The van der Waals surface area contributed by atoms with Crippen LogP contribution in [-0.4, -0.2) is 15.0 Å². The van der Waals surface area contributed by atoms with E-state index in [-0.39, 0.29) is 5.41 Å². The molecule has 2 bridgehead atoms. The number of nitriles is 1. The van der Waals surface area contributed by atoms with Crippen LogP contribution in [0.3, 0.4) is 0 Å². The van der Waals surface area contributed by atoms with Gasteiger partial charge in [0.25, 0.3) is 0 Å². The summed E-state index contributed by atoms with van der Waals surface area (Å²) in [5.74, 6) is 4.20. The van der Waals surface area contributed by atoms with E-state index in [4.69, 9.17) is 15.0 Å². The number of hydrogen-bond donors (Lipinski definition) is 0. The minimum atomic E-state index is -0.503. The fourth-order valence-corrected chi connectivity index (χ4v) is 11.9. The summed E-state index contributed by atoms with van der Waals surface area (Å²) in [6, 6.07) is 61.1. The number of rotatable bonds is 6. The summed E-state index contributed by atoms with van der Waals surface area (Å²) >= 11 is 0. The van der Waals surface area contributed by atoms with Gasteiger partial charge in [-0.05, 0) is 123 Å². The van der Waals surface area contributed by atoms with Crippen LogP contribution in [0.5, 0.6) is 0 Å². The predicted molar refractivity (Wildman–Crippen MR) is 242 cm³/mol. The summed E-state index contributed by atoms with van der Waals surface area (Å²) < 4.78 is 0. The van der Waals surface area contributed by atoms with E-state index in [0.29, 0.717) is 23.0 Å². The van der Waals surface area contributed by atoms with Gasteiger partial charge in [0.2, 0.25) is 0 Å². The quantitative estimate of drug-likeness (QED) is 0.169. The SMILES string of the molecule is C[C@@H]1C[C@@H]2C[C@H](C)CC(c3ccc(C4(c5ccccc5)c5ccccc5-c5cc(-c6nc(-c7ccccc7)nc(-c7ccc8c(C#N)cccc8c7)n6)ccc54)cc3)(C1)C2. The Morgan fingerprint density at radius 2 is 1.08 bits per heavy atom. The van der Waals surface area contributed by atoms with E-state index in [1.54, 1.807) is 0 Å². The molecular formula is C56H46N4. The maximum absolute atomic E-state index is 9.76. The topological polar surface area (TPSA) is 62.5 Å². The van der Waals surface area contributed by atoms with Crippen LogP contribution < -0.4 is 0 Å². The summed E-state index contributed by atoms with van der Waals surface area (Å²) in [5.41, 5.74) is 12.2. The Hall–Kier alpha value is -6.70. The van der Waals surface area contributed by atoms with E-state index < -0.39 is 5.41 Å². The molecule has 2 saturated carbocycles. The van der Waals surface area contributed by atoms with Crippen LogP contribution in [0.25, 0.3) is 56.1 Å². The van der Waals surface area contributed by atoms with Crippen molar-refractivity contribution < 1.29 is 0 Å². The molecule has 4 heteroatoms. The van der Waals surface area contributed by atoms with E-state index in [1.807, 2.05) is 60.7 Å². The molecule has 0 N–H and O–H groups in total. The van der Waals surface area contributed by atoms with Gasteiger partial charge in [-0.2, -0.15) is 5.26 Å². The van der Waals surface area contributed by atoms with E-state index in [2.05, 4.69) is 123 Å². The zero-order valence-corrected chi connectivity index (χ0v) is 34.1. The van der Waals surface area contributed by atoms with Crippen molar-refractivity contribution in [1.82, 2.24) is 15.0 Å². The van der Waals surface area contributed by atoms with E-state index >= 15 is 0 Å². The van der Waals surface area contributed by atoms with Crippen molar-refractivity contribution in [2.24, 2.45) is 17.8 Å². The Morgan fingerprint density at radius 1 is 0.500 bits per heavy atom. The van der Waals surface area contributed by atoms with Crippen LogP contribution in [0, 0.1) is 29.1 Å². The Bertz CT molecular complexity index is 2950. The summed E-state index contributed by atoms with van der Waals surface area (Å²) in [5, 5.41) is 11.6. The Balaban J connectivity index is 1.08. The van der Waals surface area contributed by atoms with Gasteiger partial charge in [0.05, 0.1) is 17.0 Å². The van der Waals surface area contributed by atoms with Gasteiger partial charge in [-0.1, -0.05) is 159 Å². The van der Waals surface area contributed by atoms with Crippen molar-refractivity contribution in [3.8, 4) is 51.4 Å². The van der Waals surface area contributed by atoms with Gasteiger partial charge in [0.1, 0.15) is 0 Å². The number of fused-ring (bicyclic) bond motifs is 6. The van der Waals surface area contributed by atoms with Gasteiger partial charge < -0.3 is 0 Å². The lowest BCUT2D eigenvalue weighted by atomic mass is 9.54. The molecule has 2 unspecified atom stereocenters. The molecule has 0 spiro atoms. The number of nitrogens with zero attached hydrogens (tertiary/aromatic N) is 4. The van der Waals surface area contributed by atoms with Gasteiger partial charge in [-0.25, -0.2) is 15.0 Å². The first-order valence-corrected chi connectivity index (χ1v) is 21.6. The second-order valence-electron chi connectivity index (χ2n) is 18.0. The molecule has 0 aliphatic heterocycles. The van der Waals surface area contributed by atoms with Crippen LogP contribution in [0.4, 0.5) is 0 Å². The fourth-order valence-electron chi connectivity index (χ4n) is 11.9. The van der Waals surface area contributed by atoms with Gasteiger partial charge in [0, 0.05) is 16.7 Å². The molecule has 3 aliphatic carbocycles. The normalized spacial score (nSPS) is 22.8. The highest BCUT2D eigenvalue weighted by Crippen LogP contribution is 2.58. The number of hydrogen-bond acceptors (Lipinski definition) is 4. The minimum absolute atomic E-state index is 0.271. The first-order chi connectivity index (χ1) is 29.4. The van der Waals surface area contributed by atoms with Crippen LogP contribution in [0.2, 0.25) is 0 Å². The Morgan fingerprint density at radius 3 is 1.80 bits per heavy atom. The summed E-state index contributed by atoms with van der Waals surface area (Å²) in [4.78, 5) is 15.4. The van der Waals surface area contributed by atoms with Crippen LogP contribution >= 0.6 is 0 Å². The molecule has 0 amide bonds. The molecular weight excluding hydrogens is 729 g/mol. The smallest absolute Gasteiger partial charge is 0.164 e.